The number of aliphatic carboxylic acids is 1. The van der Waals surface area contributed by atoms with Crippen LogP contribution in [0.15, 0.2) is 12.1 Å². The maximum absolute atomic E-state index is 11.8. The number of hydrogen-bond acceptors (Lipinski definition) is 4. The summed E-state index contributed by atoms with van der Waals surface area (Å²) in [6.07, 6.45) is 0.693. The van der Waals surface area contributed by atoms with Crippen molar-refractivity contribution >= 4 is 11.9 Å². The Labute approximate surface area is 112 Å². The quantitative estimate of drug-likeness (QED) is 0.799. The van der Waals surface area contributed by atoms with Gasteiger partial charge in [-0.15, -0.1) is 0 Å². The van der Waals surface area contributed by atoms with Gasteiger partial charge in [-0.3, -0.25) is 0 Å². The molecule has 0 aliphatic heterocycles. The van der Waals surface area contributed by atoms with Crippen LogP contribution in [-0.4, -0.2) is 30.3 Å². The zero-order valence-corrected chi connectivity index (χ0v) is 11.4. The number of rotatable bonds is 6. The molecule has 1 aromatic carbocycles. The Hall–Kier alpha value is -2.04. The predicted octanol–water partition coefficient (Wildman–Crippen LogP) is 2.20. The van der Waals surface area contributed by atoms with E-state index in [1.54, 1.807) is 13.0 Å². The number of carbonyl (C=O) groups is 2. The zero-order chi connectivity index (χ0) is 14.4. The zero-order valence-electron chi connectivity index (χ0n) is 11.4. The summed E-state index contributed by atoms with van der Waals surface area (Å²) < 4.78 is 10.2. The summed E-state index contributed by atoms with van der Waals surface area (Å²) in [7, 11) is 0. The molecule has 104 valence electrons. The Balaban J connectivity index is 3.09. The minimum atomic E-state index is -1.06. The SMILES string of the molecule is CCOC(=O)c1cc(OCC(=O)O)c(CC)cc1C. The van der Waals surface area contributed by atoms with Crippen LogP contribution < -0.4 is 4.74 Å². The monoisotopic (exact) mass is 266 g/mol. The summed E-state index contributed by atoms with van der Waals surface area (Å²) in [5, 5.41) is 8.64. The van der Waals surface area contributed by atoms with Gasteiger partial charge in [0.2, 0.25) is 0 Å². The highest BCUT2D eigenvalue weighted by Crippen LogP contribution is 2.25. The third kappa shape index (κ3) is 3.98. The molecule has 0 saturated carbocycles. The van der Waals surface area contributed by atoms with E-state index in [4.69, 9.17) is 14.6 Å². The van der Waals surface area contributed by atoms with Crippen LogP contribution in [0.3, 0.4) is 0 Å². The van der Waals surface area contributed by atoms with Gasteiger partial charge in [-0.25, -0.2) is 9.59 Å². The Morgan fingerprint density at radius 2 is 1.95 bits per heavy atom. The molecule has 0 heterocycles. The first-order chi connectivity index (χ1) is 8.99. The Morgan fingerprint density at radius 1 is 1.26 bits per heavy atom. The van der Waals surface area contributed by atoms with Crippen molar-refractivity contribution in [2.24, 2.45) is 0 Å². The number of aryl methyl sites for hydroxylation is 2. The van der Waals surface area contributed by atoms with Crippen LogP contribution in [0, 0.1) is 6.92 Å². The molecule has 0 atom stereocenters. The molecule has 0 aliphatic rings. The van der Waals surface area contributed by atoms with Crippen LogP contribution >= 0.6 is 0 Å². The van der Waals surface area contributed by atoms with Gasteiger partial charge in [0.15, 0.2) is 6.61 Å². The summed E-state index contributed by atoms with van der Waals surface area (Å²) in [6, 6.07) is 3.37. The van der Waals surface area contributed by atoms with Crippen molar-refractivity contribution in [3.8, 4) is 5.75 Å². The lowest BCUT2D eigenvalue weighted by atomic mass is 10.0. The van der Waals surface area contributed by atoms with Gasteiger partial charge in [-0.2, -0.15) is 0 Å². The third-order valence-electron chi connectivity index (χ3n) is 2.63. The average molecular weight is 266 g/mol. The lowest BCUT2D eigenvalue weighted by molar-refractivity contribution is -0.139. The van der Waals surface area contributed by atoms with Crippen molar-refractivity contribution in [2.45, 2.75) is 27.2 Å². The predicted molar refractivity (Wildman–Crippen MR) is 69.6 cm³/mol. The second-order valence-corrected chi connectivity index (χ2v) is 4.03. The Kier molecular flexibility index (Phi) is 5.36. The van der Waals surface area contributed by atoms with E-state index in [1.165, 1.54) is 0 Å². The number of carboxylic acids is 1. The summed E-state index contributed by atoms with van der Waals surface area (Å²) in [5.41, 5.74) is 2.06. The smallest absolute Gasteiger partial charge is 0.341 e. The second kappa shape index (κ2) is 6.78. The number of esters is 1. The van der Waals surface area contributed by atoms with Crippen molar-refractivity contribution in [2.75, 3.05) is 13.2 Å². The van der Waals surface area contributed by atoms with Crippen molar-refractivity contribution in [1.29, 1.82) is 0 Å². The molecule has 0 aromatic heterocycles. The minimum Gasteiger partial charge on any atom is -0.482 e. The molecule has 0 spiro atoms. The standard InChI is InChI=1S/C14H18O5/c1-4-10-6-9(3)11(14(17)18-5-2)7-12(10)19-8-13(15)16/h6-7H,4-5,8H2,1-3H3,(H,15,16). The fourth-order valence-corrected chi connectivity index (χ4v) is 1.73. The first-order valence-electron chi connectivity index (χ1n) is 6.14. The maximum atomic E-state index is 11.8. The van der Waals surface area contributed by atoms with E-state index < -0.39 is 18.5 Å². The molecule has 1 N–H and O–H groups in total. The highest BCUT2D eigenvalue weighted by atomic mass is 16.5. The molecular formula is C14H18O5. The number of carbonyl (C=O) groups excluding carboxylic acids is 1. The van der Waals surface area contributed by atoms with E-state index >= 15 is 0 Å². The number of carboxylic acid groups (broad SMARTS) is 1. The first-order valence-corrected chi connectivity index (χ1v) is 6.14. The van der Waals surface area contributed by atoms with Crippen LogP contribution in [0.25, 0.3) is 0 Å². The normalized spacial score (nSPS) is 10.1. The highest BCUT2D eigenvalue weighted by Gasteiger charge is 2.15. The van der Waals surface area contributed by atoms with Gasteiger partial charge >= 0.3 is 11.9 Å². The van der Waals surface area contributed by atoms with Gasteiger partial charge in [0.25, 0.3) is 0 Å². The van der Waals surface area contributed by atoms with Gasteiger partial charge in [0.1, 0.15) is 5.75 Å². The van der Waals surface area contributed by atoms with E-state index in [0.29, 0.717) is 24.3 Å². The lowest BCUT2D eigenvalue weighted by Gasteiger charge is -2.13. The van der Waals surface area contributed by atoms with E-state index in [9.17, 15) is 9.59 Å². The third-order valence-corrected chi connectivity index (χ3v) is 2.63. The van der Waals surface area contributed by atoms with Crippen LogP contribution in [0.4, 0.5) is 0 Å². The maximum Gasteiger partial charge on any atom is 0.341 e. The fraction of sp³-hybridized carbons (Fsp3) is 0.429. The molecule has 0 aliphatic carbocycles. The Morgan fingerprint density at radius 3 is 2.47 bits per heavy atom. The number of ether oxygens (including phenoxy) is 2. The molecule has 0 radical (unpaired) electrons. The molecule has 19 heavy (non-hydrogen) atoms. The van der Waals surface area contributed by atoms with Gasteiger partial charge in [0.05, 0.1) is 12.2 Å². The van der Waals surface area contributed by atoms with Gasteiger partial charge in [-0.1, -0.05) is 13.0 Å². The number of hydrogen-bond donors (Lipinski definition) is 1. The van der Waals surface area contributed by atoms with Crippen molar-refractivity contribution < 1.29 is 24.2 Å². The summed E-state index contributed by atoms with van der Waals surface area (Å²) in [6.45, 7) is 5.34. The van der Waals surface area contributed by atoms with Gasteiger partial charge < -0.3 is 14.6 Å². The van der Waals surface area contributed by atoms with Crippen LogP contribution in [-0.2, 0) is 16.0 Å². The summed E-state index contributed by atoms with van der Waals surface area (Å²) >= 11 is 0. The molecule has 0 bridgehead atoms. The summed E-state index contributed by atoms with van der Waals surface area (Å²) in [4.78, 5) is 22.3. The molecule has 5 heteroatoms. The van der Waals surface area contributed by atoms with Crippen LogP contribution in [0.2, 0.25) is 0 Å². The molecule has 0 saturated heterocycles. The first kappa shape index (κ1) is 15.0. The molecule has 0 amide bonds. The van der Waals surface area contributed by atoms with Crippen molar-refractivity contribution in [3.63, 3.8) is 0 Å². The Bertz CT molecular complexity index is 479. The molecular weight excluding hydrogens is 248 g/mol. The van der Waals surface area contributed by atoms with E-state index in [0.717, 1.165) is 11.1 Å². The topological polar surface area (TPSA) is 72.8 Å². The average Bonchev–Trinajstić information content (AvgIpc) is 2.36. The highest BCUT2D eigenvalue weighted by molar-refractivity contribution is 5.91. The molecule has 0 fully saturated rings. The van der Waals surface area contributed by atoms with Gasteiger partial charge in [-0.05, 0) is 37.5 Å². The molecule has 1 aromatic rings. The molecule has 5 nitrogen and oxygen atoms in total. The van der Waals surface area contributed by atoms with E-state index in [2.05, 4.69) is 0 Å². The van der Waals surface area contributed by atoms with Gasteiger partial charge in [0, 0.05) is 0 Å². The lowest BCUT2D eigenvalue weighted by Crippen LogP contribution is -2.12. The largest absolute Gasteiger partial charge is 0.482 e. The van der Waals surface area contributed by atoms with E-state index in [1.807, 2.05) is 19.9 Å². The minimum absolute atomic E-state index is 0.291. The second-order valence-electron chi connectivity index (χ2n) is 4.03. The molecule has 1 rings (SSSR count). The fourth-order valence-electron chi connectivity index (χ4n) is 1.73. The van der Waals surface area contributed by atoms with Crippen molar-refractivity contribution in [1.82, 2.24) is 0 Å². The molecule has 0 unspecified atom stereocenters. The number of benzene rings is 1. The summed E-state index contributed by atoms with van der Waals surface area (Å²) in [5.74, 6) is -1.07. The van der Waals surface area contributed by atoms with Crippen molar-refractivity contribution in [3.05, 3.63) is 28.8 Å². The van der Waals surface area contributed by atoms with E-state index in [-0.39, 0.29) is 0 Å². The van der Waals surface area contributed by atoms with Crippen LogP contribution in [0.1, 0.15) is 35.3 Å². The van der Waals surface area contributed by atoms with Crippen LogP contribution in [0.5, 0.6) is 5.75 Å².